The van der Waals surface area contributed by atoms with Crippen LogP contribution < -0.4 is 0 Å². The van der Waals surface area contributed by atoms with Gasteiger partial charge in [-0.2, -0.15) is 0 Å². The summed E-state index contributed by atoms with van der Waals surface area (Å²) in [5.41, 5.74) is 0.176. The lowest BCUT2D eigenvalue weighted by molar-refractivity contribution is -0.130. The van der Waals surface area contributed by atoms with Gasteiger partial charge in [-0.25, -0.2) is 0 Å². The Morgan fingerprint density at radius 2 is 0.792 bits per heavy atom. The Morgan fingerprint density at radius 3 is 1.04 bits per heavy atom. The fraction of sp³-hybridized carbons (Fsp3) is 1.00. The van der Waals surface area contributed by atoms with Crippen LogP contribution in [-0.4, -0.2) is 11.2 Å². The lowest BCUT2D eigenvalue weighted by atomic mass is 9.54. The second-order valence-corrected chi connectivity index (χ2v) is 12.2. The van der Waals surface area contributed by atoms with Crippen molar-refractivity contribution in [2.45, 2.75) is 88.3 Å². The first-order valence-corrected chi connectivity index (χ1v) is 12.5. The molecule has 8 aliphatic carbocycles. The highest BCUT2D eigenvalue weighted by Crippen LogP contribution is 2.66. The van der Waals surface area contributed by atoms with E-state index in [1.54, 1.807) is 0 Å². The highest BCUT2D eigenvalue weighted by atomic mass is 35.7. The summed E-state index contributed by atoms with van der Waals surface area (Å²) in [6.45, 7) is 0. The zero-order valence-corrected chi connectivity index (χ0v) is 16.2. The van der Waals surface area contributed by atoms with Crippen LogP contribution in [0.3, 0.4) is 0 Å². The Hall–Kier alpha value is 0.640. The van der Waals surface area contributed by atoms with Crippen LogP contribution in [0.4, 0.5) is 0 Å². The van der Waals surface area contributed by atoms with Gasteiger partial charge in [0.05, 0.1) is 11.2 Å². The van der Waals surface area contributed by atoms with Crippen molar-refractivity contribution in [2.75, 3.05) is 0 Å². The average molecular weight is 369 g/mol. The van der Waals surface area contributed by atoms with Crippen LogP contribution in [0.2, 0.25) is 0 Å². The van der Waals surface area contributed by atoms with Gasteiger partial charge in [0.2, 0.25) is 0 Å². The summed E-state index contributed by atoms with van der Waals surface area (Å²) < 4.78 is 13.2. The smallest absolute Gasteiger partial charge is 0.277 e. The van der Waals surface area contributed by atoms with E-state index >= 15 is 0 Å². The number of hydrogen-bond donors (Lipinski definition) is 0. The summed E-state index contributed by atoms with van der Waals surface area (Å²) in [7, 11) is -1.23. The van der Waals surface area contributed by atoms with Crippen LogP contribution in [0.25, 0.3) is 0 Å². The fourth-order valence-electron chi connectivity index (χ4n) is 8.61. The maximum atomic E-state index is 6.77. The highest BCUT2D eigenvalue weighted by Gasteiger charge is 2.55. The monoisotopic (exact) mass is 368 g/mol. The van der Waals surface area contributed by atoms with E-state index in [0.717, 1.165) is 35.5 Å². The molecule has 8 fully saturated rings. The Morgan fingerprint density at radius 1 is 0.542 bits per heavy atom. The molecule has 0 aliphatic heterocycles. The van der Waals surface area contributed by atoms with Gasteiger partial charge in [-0.3, -0.25) is 0 Å². The molecule has 0 unspecified atom stereocenters. The standard InChI is InChI=1S/C20H30ClO2P/c21-24(22-19-7-13-1-14(8-19)3-15(2-13)9-19)23-20-10-16-4-17(11-20)6-18(5-16)12-20/h13-18H,1-12H2. The van der Waals surface area contributed by atoms with Crippen LogP contribution >= 0.6 is 19.0 Å². The maximum absolute atomic E-state index is 6.77. The number of halogens is 1. The minimum absolute atomic E-state index is 0.0878. The maximum Gasteiger partial charge on any atom is 0.277 e. The largest absolute Gasteiger partial charge is 0.315 e. The van der Waals surface area contributed by atoms with Crippen molar-refractivity contribution in [1.82, 2.24) is 0 Å². The SMILES string of the molecule is ClP(OC12CC3CC(CC(C3)C1)C2)OC12CC3CC(CC(C3)C1)C2. The number of hydrogen-bond acceptors (Lipinski definition) is 2. The zero-order valence-electron chi connectivity index (χ0n) is 14.6. The predicted octanol–water partition coefficient (Wildman–Crippen LogP) is 6.42. The van der Waals surface area contributed by atoms with E-state index in [2.05, 4.69) is 0 Å². The third-order valence-corrected chi connectivity index (χ3v) is 9.97. The highest BCUT2D eigenvalue weighted by molar-refractivity contribution is 7.76. The summed E-state index contributed by atoms with van der Waals surface area (Å²) in [5.74, 6) is 5.48. The summed E-state index contributed by atoms with van der Waals surface area (Å²) in [6, 6.07) is 0. The van der Waals surface area contributed by atoms with Gasteiger partial charge in [0, 0.05) is 0 Å². The molecule has 0 heterocycles. The first-order chi connectivity index (χ1) is 11.6. The molecule has 8 aliphatic rings. The molecule has 0 N–H and O–H groups in total. The molecule has 134 valence electrons. The lowest BCUT2D eigenvalue weighted by Crippen LogP contribution is -2.52. The van der Waals surface area contributed by atoms with E-state index in [1.807, 2.05) is 0 Å². The van der Waals surface area contributed by atoms with Gasteiger partial charge in [0.1, 0.15) is 0 Å². The first kappa shape index (κ1) is 15.7. The molecule has 0 aromatic heterocycles. The minimum atomic E-state index is -1.23. The van der Waals surface area contributed by atoms with E-state index in [1.165, 1.54) is 77.0 Å². The second-order valence-electron chi connectivity index (χ2n) is 10.6. The molecule has 2 nitrogen and oxygen atoms in total. The summed E-state index contributed by atoms with van der Waals surface area (Å²) >= 11 is 6.77. The normalized spacial score (nSPS) is 58.4. The molecule has 0 saturated heterocycles. The van der Waals surface area contributed by atoms with Gasteiger partial charge in [-0.05, 0) is 124 Å². The van der Waals surface area contributed by atoms with Gasteiger partial charge < -0.3 is 9.05 Å². The zero-order chi connectivity index (χ0) is 15.9. The Balaban J connectivity index is 1.16. The van der Waals surface area contributed by atoms with Crippen molar-refractivity contribution in [2.24, 2.45) is 35.5 Å². The number of rotatable bonds is 4. The van der Waals surface area contributed by atoms with E-state index in [-0.39, 0.29) is 11.2 Å². The van der Waals surface area contributed by atoms with E-state index in [4.69, 9.17) is 20.3 Å². The van der Waals surface area contributed by atoms with Crippen molar-refractivity contribution in [3.8, 4) is 0 Å². The van der Waals surface area contributed by atoms with Gasteiger partial charge >= 0.3 is 0 Å². The molecule has 24 heavy (non-hydrogen) atoms. The van der Waals surface area contributed by atoms with Gasteiger partial charge in [-0.1, -0.05) is 0 Å². The summed E-state index contributed by atoms with van der Waals surface area (Å²) in [4.78, 5) is 0. The fourth-order valence-corrected chi connectivity index (χ4v) is 10.6. The Bertz CT molecular complexity index is 419. The predicted molar refractivity (Wildman–Crippen MR) is 96.7 cm³/mol. The van der Waals surface area contributed by atoms with Crippen molar-refractivity contribution in [1.29, 1.82) is 0 Å². The van der Waals surface area contributed by atoms with Crippen LogP contribution in [-0.2, 0) is 9.05 Å². The molecule has 0 atom stereocenters. The molecule has 0 spiro atoms. The van der Waals surface area contributed by atoms with Crippen molar-refractivity contribution < 1.29 is 9.05 Å². The van der Waals surface area contributed by atoms with E-state index in [9.17, 15) is 0 Å². The molecule has 8 saturated carbocycles. The van der Waals surface area contributed by atoms with Crippen LogP contribution in [0.15, 0.2) is 0 Å². The molecule has 0 amide bonds. The molecular weight excluding hydrogens is 339 g/mol. The van der Waals surface area contributed by atoms with Gasteiger partial charge in [0.25, 0.3) is 7.73 Å². The molecule has 8 rings (SSSR count). The molecule has 4 heteroatoms. The summed E-state index contributed by atoms with van der Waals surface area (Å²) in [5, 5.41) is 0. The van der Waals surface area contributed by atoms with Crippen molar-refractivity contribution >= 4 is 19.0 Å². The molecular formula is C20H30ClO2P. The van der Waals surface area contributed by atoms with Crippen LogP contribution in [0.5, 0.6) is 0 Å². The lowest BCUT2D eigenvalue weighted by Gasteiger charge is -2.58. The third kappa shape index (κ3) is 2.54. The Labute approximate surface area is 152 Å². The van der Waals surface area contributed by atoms with Crippen molar-refractivity contribution in [3.05, 3.63) is 0 Å². The molecule has 0 radical (unpaired) electrons. The quantitative estimate of drug-likeness (QED) is 0.533. The van der Waals surface area contributed by atoms with E-state index in [0.29, 0.717) is 0 Å². The molecule has 8 bridgehead atoms. The van der Waals surface area contributed by atoms with Gasteiger partial charge in [-0.15, -0.1) is 0 Å². The van der Waals surface area contributed by atoms with Crippen LogP contribution in [0.1, 0.15) is 77.0 Å². The second kappa shape index (κ2) is 5.34. The average Bonchev–Trinajstić information content (AvgIpc) is 2.42. The van der Waals surface area contributed by atoms with Crippen molar-refractivity contribution in [3.63, 3.8) is 0 Å². The third-order valence-electron chi connectivity index (χ3n) is 8.49. The minimum Gasteiger partial charge on any atom is -0.315 e. The molecule has 0 aromatic rings. The topological polar surface area (TPSA) is 18.5 Å². The van der Waals surface area contributed by atoms with E-state index < -0.39 is 7.73 Å². The Kier molecular flexibility index (Phi) is 3.49. The first-order valence-electron chi connectivity index (χ1n) is 10.4. The molecule has 0 aromatic carbocycles. The summed E-state index contributed by atoms with van der Waals surface area (Å²) in [6.07, 6.45) is 16.3. The van der Waals surface area contributed by atoms with Gasteiger partial charge in [0.15, 0.2) is 0 Å². The van der Waals surface area contributed by atoms with Crippen LogP contribution in [0, 0.1) is 35.5 Å².